The molecule has 1 rings (SSSR count). The summed E-state index contributed by atoms with van der Waals surface area (Å²) in [7, 11) is 0. The Hall–Kier alpha value is -3.16. The highest BCUT2D eigenvalue weighted by Crippen LogP contribution is 2.16. The van der Waals surface area contributed by atoms with Gasteiger partial charge in [0.15, 0.2) is 0 Å². The smallest absolute Gasteiger partial charge is 0.339 e. The lowest BCUT2D eigenvalue weighted by molar-refractivity contribution is -0.140. The van der Waals surface area contributed by atoms with Crippen molar-refractivity contribution in [1.82, 2.24) is 0 Å². The molecule has 0 aliphatic heterocycles. The second-order valence-corrected chi connectivity index (χ2v) is 4.39. The minimum atomic E-state index is -1.57. The van der Waals surface area contributed by atoms with E-state index in [0.29, 0.717) is 0 Å². The van der Waals surface area contributed by atoms with Gasteiger partial charge in [0.05, 0.1) is 16.7 Å². The van der Waals surface area contributed by atoms with Crippen LogP contribution in [0.3, 0.4) is 0 Å². The second kappa shape index (κ2) is 7.74. The number of rotatable bonds is 7. The minimum Gasteiger partial charge on any atom is -0.478 e. The largest absolute Gasteiger partial charge is 0.478 e. The van der Waals surface area contributed by atoms with Gasteiger partial charge >= 0.3 is 23.9 Å². The summed E-state index contributed by atoms with van der Waals surface area (Å²) in [6.07, 6.45) is 0. The summed E-state index contributed by atoms with van der Waals surface area (Å²) in [6, 6.07) is 3.43. The summed E-state index contributed by atoms with van der Waals surface area (Å²) in [6.45, 7) is 4.27. The van der Waals surface area contributed by atoms with Gasteiger partial charge in [-0.15, -0.1) is 0 Å². The number of benzene rings is 1. The Kier molecular flexibility index (Phi) is 6.02. The Morgan fingerprint density at radius 3 is 2.09 bits per heavy atom. The van der Waals surface area contributed by atoms with Crippen LogP contribution in [0.5, 0.6) is 0 Å². The number of hydrogen-bond acceptors (Lipinski definition) is 6. The van der Waals surface area contributed by atoms with E-state index >= 15 is 0 Å². The number of ether oxygens (including phenoxy) is 2. The summed E-state index contributed by atoms with van der Waals surface area (Å²) in [4.78, 5) is 45.2. The van der Waals surface area contributed by atoms with Crippen molar-refractivity contribution in [3.8, 4) is 0 Å². The monoisotopic (exact) mass is 322 g/mol. The molecular weight excluding hydrogens is 308 g/mol. The molecule has 122 valence electrons. The van der Waals surface area contributed by atoms with Crippen molar-refractivity contribution in [3.63, 3.8) is 0 Å². The van der Waals surface area contributed by atoms with Crippen LogP contribution < -0.4 is 0 Å². The van der Waals surface area contributed by atoms with Gasteiger partial charge < -0.3 is 19.7 Å². The third-order valence-electron chi connectivity index (χ3n) is 2.63. The van der Waals surface area contributed by atoms with Crippen molar-refractivity contribution >= 4 is 23.9 Å². The standard InChI is InChI=1S/C15H14O8/c1-8(2)14(20)22-6-7-23-15(21)10-5-3-4-9(12(16)17)11(10)13(18)19/h3-5H,1,6-7H2,2H3,(H,16,17)(H,18,19). The summed E-state index contributed by atoms with van der Waals surface area (Å²) < 4.78 is 9.48. The van der Waals surface area contributed by atoms with E-state index in [-0.39, 0.29) is 18.8 Å². The number of carbonyl (C=O) groups excluding carboxylic acids is 2. The Morgan fingerprint density at radius 1 is 1.00 bits per heavy atom. The molecule has 0 atom stereocenters. The number of carboxylic acid groups (broad SMARTS) is 2. The number of aromatic carboxylic acids is 2. The third kappa shape index (κ3) is 4.67. The van der Waals surface area contributed by atoms with Crippen molar-refractivity contribution < 1.29 is 38.9 Å². The Morgan fingerprint density at radius 2 is 1.57 bits per heavy atom. The molecule has 1 aromatic carbocycles. The molecule has 0 saturated heterocycles. The maximum absolute atomic E-state index is 11.9. The fourth-order valence-electron chi connectivity index (χ4n) is 1.60. The van der Waals surface area contributed by atoms with Crippen molar-refractivity contribution in [2.75, 3.05) is 13.2 Å². The molecule has 0 aliphatic rings. The first-order valence-electron chi connectivity index (χ1n) is 6.35. The molecule has 0 aromatic heterocycles. The van der Waals surface area contributed by atoms with Crippen molar-refractivity contribution in [3.05, 3.63) is 47.0 Å². The van der Waals surface area contributed by atoms with Crippen molar-refractivity contribution in [1.29, 1.82) is 0 Å². The van der Waals surface area contributed by atoms with Gasteiger partial charge in [0.25, 0.3) is 0 Å². The van der Waals surface area contributed by atoms with Crippen molar-refractivity contribution in [2.45, 2.75) is 6.92 Å². The zero-order chi connectivity index (χ0) is 17.6. The maximum atomic E-state index is 11.9. The van der Waals surface area contributed by atoms with E-state index in [4.69, 9.17) is 19.7 Å². The molecule has 23 heavy (non-hydrogen) atoms. The molecule has 0 fully saturated rings. The predicted molar refractivity (Wildman–Crippen MR) is 76.4 cm³/mol. The van der Waals surface area contributed by atoms with Gasteiger partial charge in [0.1, 0.15) is 13.2 Å². The lowest BCUT2D eigenvalue weighted by Crippen LogP contribution is -2.18. The number of carboxylic acids is 2. The second-order valence-electron chi connectivity index (χ2n) is 4.39. The van der Waals surface area contributed by atoms with Gasteiger partial charge in [-0.05, 0) is 19.1 Å². The van der Waals surface area contributed by atoms with Crippen LogP contribution in [-0.2, 0) is 14.3 Å². The summed E-state index contributed by atoms with van der Waals surface area (Å²) in [5, 5.41) is 18.1. The van der Waals surface area contributed by atoms with Crippen LogP contribution >= 0.6 is 0 Å². The fourth-order valence-corrected chi connectivity index (χ4v) is 1.60. The molecule has 1 aromatic rings. The normalized spacial score (nSPS) is 9.78. The topological polar surface area (TPSA) is 127 Å². The lowest BCUT2D eigenvalue weighted by Gasteiger charge is -2.09. The molecule has 0 saturated carbocycles. The Balaban J connectivity index is 2.82. The molecule has 0 heterocycles. The SMILES string of the molecule is C=C(C)C(=O)OCCOC(=O)c1cccc(C(=O)O)c1C(=O)O. The van der Waals surface area contributed by atoms with Crippen LogP contribution in [0.1, 0.15) is 38.0 Å². The molecule has 0 bridgehead atoms. The first-order valence-corrected chi connectivity index (χ1v) is 6.35. The zero-order valence-electron chi connectivity index (χ0n) is 12.2. The van der Waals surface area contributed by atoms with Crippen LogP contribution in [0.2, 0.25) is 0 Å². The van der Waals surface area contributed by atoms with E-state index in [2.05, 4.69) is 6.58 Å². The average Bonchev–Trinajstić information content (AvgIpc) is 2.49. The van der Waals surface area contributed by atoms with E-state index in [9.17, 15) is 19.2 Å². The number of carbonyl (C=O) groups is 4. The van der Waals surface area contributed by atoms with E-state index < -0.39 is 40.6 Å². The molecule has 8 nitrogen and oxygen atoms in total. The van der Waals surface area contributed by atoms with Gasteiger partial charge in [-0.2, -0.15) is 0 Å². The van der Waals surface area contributed by atoms with Gasteiger partial charge in [-0.25, -0.2) is 19.2 Å². The number of esters is 2. The first-order chi connectivity index (χ1) is 10.8. The van der Waals surface area contributed by atoms with E-state index in [1.54, 1.807) is 0 Å². The maximum Gasteiger partial charge on any atom is 0.339 e. The van der Waals surface area contributed by atoms with Gasteiger partial charge in [0.2, 0.25) is 0 Å². The van der Waals surface area contributed by atoms with Gasteiger partial charge in [-0.3, -0.25) is 0 Å². The highest BCUT2D eigenvalue weighted by atomic mass is 16.6. The molecule has 8 heteroatoms. The lowest BCUT2D eigenvalue weighted by atomic mass is 10.0. The first kappa shape index (κ1) is 17.9. The van der Waals surface area contributed by atoms with Crippen LogP contribution in [0, 0.1) is 0 Å². The third-order valence-corrected chi connectivity index (χ3v) is 2.63. The minimum absolute atomic E-state index is 0.179. The highest BCUT2D eigenvalue weighted by molar-refractivity contribution is 6.09. The molecule has 0 radical (unpaired) electrons. The fraction of sp³-hybridized carbons (Fsp3) is 0.200. The molecule has 0 unspecified atom stereocenters. The van der Waals surface area contributed by atoms with E-state index in [1.807, 2.05) is 0 Å². The van der Waals surface area contributed by atoms with Crippen LogP contribution in [0.4, 0.5) is 0 Å². The van der Waals surface area contributed by atoms with E-state index in [0.717, 1.165) is 12.1 Å². The Bertz CT molecular complexity index is 674. The van der Waals surface area contributed by atoms with Crippen molar-refractivity contribution in [2.24, 2.45) is 0 Å². The molecule has 0 aliphatic carbocycles. The number of hydrogen-bond donors (Lipinski definition) is 2. The molecular formula is C15H14O8. The van der Waals surface area contributed by atoms with E-state index in [1.165, 1.54) is 13.0 Å². The summed E-state index contributed by atoms with van der Waals surface area (Å²) in [5.74, 6) is -4.73. The van der Waals surface area contributed by atoms with Gasteiger partial charge in [-0.1, -0.05) is 12.6 Å². The van der Waals surface area contributed by atoms with Gasteiger partial charge in [0, 0.05) is 5.57 Å². The Labute approximate surface area is 130 Å². The zero-order valence-corrected chi connectivity index (χ0v) is 12.2. The van der Waals surface area contributed by atoms with Crippen LogP contribution in [0.25, 0.3) is 0 Å². The highest BCUT2D eigenvalue weighted by Gasteiger charge is 2.24. The average molecular weight is 322 g/mol. The molecule has 0 amide bonds. The quantitative estimate of drug-likeness (QED) is 0.437. The summed E-state index contributed by atoms with van der Waals surface area (Å²) in [5.41, 5.74) is -1.41. The summed E-state index contributed by atoms with van der Waals surface area (Å²) >= 11 is 0. The molecule has 0 spiro atoms. The molecule has 2 N–H and O–H groups in total. The predicted octanol–water partition coefficient (Wildman–Crippen LogP) is 1.36. The van der Waals surface area contributed by atoms with Crippen LogP contribution in [0.15, 0.2) is 30.4 Å². The van der Waals surface area contributed by atoms with Crippen LogP contribution in [-0.4, -0.2) is 47.3 Å².